The number of carbonyl (C=O) groups excluding carboxylic acids is 1. The first-order valence-corrected chi connectivity index (χ1v) is 9.19. The normalized spacial score (nSPS) is 15.6. The maximum Gasteiger partial charge on any atom is 0.251 e. The zero-order valence-corrected chi connectivity index (χ0v) is 16.1. The van der Waals surface area contributed by atoms with Gasteiger partial charge in [0.15, 0.2) is 0 Å². The molecule has 26 heavy (non-hydrogen) atoms. The van der Waals surface area contributed by atoms with E-state index in [9.17, 15) is 4.79 Å². The predicted molar refractivity (Wildman–Crippen MR) is 107 cm³/mol. The van der Waals surface area contributed by atoms with Crippen LogP contribution in [0.4, 0.5) is 0 Å². The molecule has 2 aromatic carbocycles. The number of aryl methyl sites for hydroxylation is 1. The number of rotatable bonds is 4. The number of ether oxygens (including phenoxy) is 1. The SMILES string of the molecule is CC(C)=C(C)c1cc(C(=O)NCC2COc3ccccc3C2)ccc1C. The lowest BCUT2D eigenvalue weighted by Crippen LogP contribution is -2.34. The number of hydrogen-bond donors (Lipinski definition) is 1. The molecule has 0 bridgehead atoms. The van der Waals surface area contributed by atoms with Gasteiger partial charge in [-0.3, -0.25) is 4.79 Å². The van der Waals surface area contributed by atoms with Gasteiger partial charge in [-0.05, 0) is 74.6 Å². The van der Waals surface area contributed by atoms with E-state index in [1.165, 1.54) is 22.3 Å². The predicted octanol–water partition coefficient (Wildman–Crippen LogP) is 4.79. The van der Waals surface area contributed by atoms with Crippen LogP contribution in [0.5, 0.6) is 5.75 Å². The monoisotopic (exact) mass is 349 g/mol. The third-order valence-corrected chi connectivity index (χ3v) is 5.16. The summed E-state index contributed by atoms with van der Waals surface area (Å²) < 4.78 is 5.81. The number of fused-ring (bicyclic) bond motifs is 1. The van der Waals surface area contributed by atoms with Gasteiger partial charge >= 0.3 is 0 Å². The van der Waals surface area contributed by atoms with Crippen molar-refractivity contribution in [3.63, 3.8) is 0 Å². The minimum atomic E-state index is -0.0216. The Hall–Kier alpha value is -2.55. The molecule has 0 saturated heterocycles. The summed E-state index contributed by atoms with van der Waals surface area (Å²) in [4.78, 5) is 12.6. The smallest absolute Gasteiger partial charge is 0.251 e. The lowest BCUT2D eigenvalue weighted by Gasteiger charge is -2.25. The summed E-state index contributed by atoms with van der Waals surface area (Å²) in [5.41, 5.74) is 6.77. The Morgan fingerprint density at radius 3 is 2.69 bits per heavy atom. The Morgan fingerprint density at radius 1 is 1.15 bits per heavy atom. The number of hydrogen-bond acceptors (Lipinski definition) is 2. The molecule has 0 aliphatic carbocycles. The zero-order valence-electron chi connectivity index (χ0n) is 16.1. The Labute approximate surface area is 156 Å². The Bertz CT molecular complexity index is 847. The molecule has 3 nitrogen and oxygen atoms in total. The molecule has 1 N–H and O–H groups in total. The van der Waals surface area contributed by atoms with Gasteiger partial charge in [0.2, 0.25) is 0 Å². The molecule has 0 spiro atoms. The second-order valence-corrected chi connectivity index (χ2v) is 7.35. The van der Waals surface area contributed by atoms with E-state index in [0.717, 1.165) is 17.7 Å². The van der Waals surface area contributed by atoms with Gasteiger partial charge in [-0.15, -0.1) is 0 Å². The first-order valence-electron chi connectivity index (χ1n) is 9.19. The van der Waals surface area contributed by atoms with Crippen molar-refractivity contribution in [1.82, 2.24) is 5.32 Å². The maximum absolute atomic E-state index is 12.6. The van der Waals surface area contributed by atoms with Crippen molar-refractivity contribution in [3.05, 3.63) is 70.3 Å². The van der Waals surface area contributed by atoms with Gasteiger partial charge in [-0.1, -0.05) is 29.8 Å². The molecule has 1 atom stereocenters. The number of benzene rings is 2. The fraction of sp³-hybridized carbons (Fsp3) is 0.348. The van der Waals surface area contributed by atoms with Crippen molar-refractivity contribution in [1.29, 1.82) is 0 Å². The maximum atomic E-state index is 12.6. The Kier molecular flexibility index (Phi) is 5.46. The summed E-state index contributed by atoms with van der Waals surface area (Å²) in [6, 6.07) is 14.0. The van der Waals surface area contributed by atoms with Gasteiger partial charge in [-0.25, -0.2) is 0 Å². The van der Waals surface area contributed by atoms with Crippen LogP contribution < -0.4 is 10.1 Å². The summed E-state index contributed by atoms with van der Waals surface area (Å²) in [5.74, 6) is 1.25. The minimum absolute atomic E-state index is 0.0216. The van der Waals surface area contributed by atoms with Gasteiger partial charge in [0.1, 0.15) is 5.75 Å². The molecule has 0 saturated carbocycles. The highest BCUT2D eigenvalue weighted by molar-refractivity contribution is 5.95. The lowest BCUT2D eigenvalue weighted by molar-refractivity contribution is 0.0939. The number of allylic oxidation sites excluding steroid dienone is 2. The average molecular weight is 349 g/mol. The number of nitrogens with one attached hydrogen (secondary N) is 1. The molecule has 1 aliphatic rings. The number of para-hydroxylation sites is 1. The van der Waals surface area contributed by atoms with Crippen molar-refractivity contribution < 1.29 is 9.53 Å². The largest absolute Gasteiger partial charge is 0.493 e. The number of amides is 1. The van der Waals surface area contributed by atoms with Crippen molar-refractivity contribution in [2.75, 3.05) is 13.2 Å². The first-order chi connectivity index (χ1) is 12.5. The third kappa shape index (κ3) is 3.98. The molecule has 0 fully saturated rings. The molecule has 1 heterocycles. The van der Waals surface area contributed by atoms with Crippen LogP contribution in [0.1, 0.15) is 47.8 Å². The molecule has 1 unspecified atom stereocenters. The van der Waals surface area contributed by atoms with Crippen molar-refractivity contribution in [2.24, 2.45) is 5.92 Å². The van der Waals surface area contributed by atoms with Crippen LogP contribution >= 0.6 is 0 Å². The summed E-state index contributed by atoms with van der Waals surface area (Å²) in [7, 11) is 0. The van der Waals surface area contributed by atoms with Crippen LogP contribution in [0.25, 0.3) is 5.57 Å². The highest BCUT2D eigenvalue weighted by Crippen LogP contribution is 2.27. The standard InChI is InChI=1S/C23H27NO2/c1-15(2)17(4)21-12-20(10-9-16(21)3)23(25)24-13-18-11-19-7-5-6-8-22(19)26-14-18/h5-10,12,18H,11,13-14H2,1-4H3,(H,24,25). The van der Waals surface area contributed by atoms with Gasteiger partial charge in [-0.2, -0.15) is 0 Å². The van der Waals surface area contributed by atoms with E-state index in [1.807, 2.05) is 36.4 Å². The summed E-state index contributed by atoms with van der Waals surface area (Å²) in [6.07, 6.45) is 0.937. The molecule has 3 heteroatoms. The molecular formula is C23H27NO2. The fourth-order valence-electron chi connectivity index (χ4n) is 3.30. The minimum Gasteiger partial charge on any atom is -0.493 e. The van der Waals surface area contributed by atoms with Crippen LogP contribution in [0.3, 0.4) is 0 Å². The second kappa shape index (κ2) is 7.77. The summed E-state index contributed by atoms with van der Waals surface area (Å²) in [6.45, 7) is 9.66. The van der Waals surface area contributed by atoms with E-state index in [-0.39, 0.29) is 5.91 Å². The van der Waals surface area contributed by atoms with Gasteiger partial charge in [0.05, 0.1) is 6.61 Å². The van der Waals surface area contributed by atoms with E-state index in [4.69, 9.17) is 4.74 Å². The first kappa shape index (κ1) is 18.2. The number of carbonyl (C=O) groups is 1. The molecule has 2 aromatic rings. The van der Waals surface area contributed by atoms with Crippen LogP contribution in [0.15, 0.2) is 48.0 Å². The van der Waals surface area contributed by atoms with Crippen molar-refractivity contribution in [3.8, 4) is 5.75 Å². The third-order valence-electron chi connectivity index (χ3n) is 5.16. The molecule has 136 valence electrons. The Balaban J connectivity index is 1.66. The van der Waals surface area contributed by atoms with Crippen LogP contribution in [0, 0.1) is 12.8 Å². The molecule has 0 radical (unpaired) electrons. The van der Waals surface area contributed by atoms with Gasteiger partial charge < -0.3 is 10.1 Å². The van der Waals surface area contributed by atoms with Crippen LogP contribution in [-0.4, -0.2) is 19.1 Å². The van der Waals surface area contributed by atoms with E-state index in [2.05, 4.69) is 39.1 Å². The average Bonchev–Trinajstić information content (AvgIpc) is 2.65. The van der Waals surface area contributed by atoms with E-state index >= 15 is 0 Å². The summed E-state index contributed by atoms with van der Waals surface area (Å²) in [5, 5.41) is 3.08. The molecule has 3 rings (SSSR count). The topological polar surface area (TPSA) is 38.3 Å². The van der Waals surface area contributed by atoms with Gasteiger partial charge in [0.25, 0.3) is 5.91 Å². The van der Waals surface area contributed by atoms with Crippen molar-refractivity contribution in [2.45, 2.75) is 34.1 Å². The quantitative estimate of drug-likeness (QED) is 0.862. The highest BCUT2D eigenvalue weighted by atomic mass is 16.5. The van der Waals surface area contributed by atoms with Crippen molar-refractivity contribution >= 4 is 11.5 Å². The molecule has 1 aliphatic heterocycles. The van der Waals surface area contributed by atoms with Crippen LogP contribution in [-0.2, 0) is 6.42 Å². The fourth-order valence-corrected chi connectivity index (χ4v) is 3.30. The van der Waals surface area contributed by atoms with E-state index < -0.39 is 0 Å². The molecule has 0 aromatic heterocycles. The van der Waals surface area contributed by atoms with Crippen LogP contribution in [0.2, 0.25) is 0 Å². The lowest BCUT2D eigenvalue weighted by atomic mass is 9.95. The highest BCUT2D eigenvalue weighted by Gasteiger charge is 2.20. The Morgan fingerprint density at radius 2 is 1.92 bits per heavy atom. The second-order valence-electron chi connectivity index (χ2n) is 7.35. The van der Waals surface area contributed by atoms with Gasteiger partial charge in [0, 0.05) is 18.0 Å². The molecular weight excluding hydrogens is 322 g/mol. The zero-order chi connectivity index (χ0) is 18.7. The summed E-state index contributed by atoms with van der Waals surface area (Å²) >= 11 is 0. The molecule has 1 amide bonds. The van der Waals surface area contributed by atoms with E-state index in [0.29, 0.717) is 24.6 Å². The van der Waals surface area contributed by atoms with E-state index in [1.54, 1.807) is 0 Å².